The molecule has 0 radical (unpaired) electrons. The lowest BCUT2D eigenvalue weighted by Crippen LogP contribution is -2.33. The largest absolute Gasteiger partial charge is 0.494 e. The van der Waals surface area contributed by atoms with Crippen molar-refractivity contribution in [2.75, 3.05) is 26.1 Å². The summed E-state index contributed by atoms with van der Waals surface area (Å²) < 4.78 is 48.4. The van der Waals surface area contributed by atoms with Crippen molar-refractivity contribution in [3.63, 3.8) is 0 Å². The predicted octanol–water partition coefficient (Wildman–Crippen LogP) is 3.44. The fraction of sp³-hybridized carbons (Fsp3) is 0.269. The van der Waals surface area contributed by atoms with Crippen molar-refractivity contribution < 1.29 is 22.6 Å². The SMILES string of the molecule is COc1cccc(OC)c1-n1c(NS(=O)(=O)[C@@H](C)[C@H](OC)c2ncc(C)cn2)nnc1-c1c[nH]c2ncccc12. The van der Waals surface area contributed by atoms with Crippen molar-refractivity contribution in [1.82, 2.24) is 34.7 Å². The first-order chi connectivity index (χ1) is 19.3. The van der Waals surface area contributed by atoms with Crippen LogP contribution in [0.2, 0.25) is 0 Å². The van der Waals surface area contributed by atoms with Crippen LogP contribution in [0.15, 0.2) is 55.1 Å². The van der Waals surface area contributed by atoms with Gasteiger partial charge in [0.05, 0.1) is 14.2 Å². The Hall–Kier alpha value is -4.56. The van der Waals surface area contributed by atoms with Gasteiger partial charge in [0.15, 0.2) is 11.6 Å². The summed E-state index contributed by atoms with van der Waals surface area (Å²) in [6.07, 6.45) is 5.66. The first-order valence-corrected chi connectivity index (χ1v) is 13.8. The van der Waals surface area contributed by atoms with Crippen LogP contribution in [0.5, 0.6) is 11.5 Å². The number of methoxy groups -OCH3 is 3. The molecular weight excluding hydrogens is 536 g/mol. The highest BCUT2D eigenvalue weighted by atomic mass is 32.2. The summed E-state index contributed by atoms with van der Waals surface area (Å²) in [5.74, 6) is 1.32. The third kappa shape index (κ3) is 4.82. The van der Waals surface area contributed by atoms with E-state index < -0.39 is 21.4 Å². The number of nitrogens with zero attached hydrogens (tertiary/aromatic N) is 6. The van der Waals surface area contributed by atoms with Crippen molar-refractivity contribution in [3.05, 3.63) is 66.5 Å². The molecule has 40 heavy (non-hydrogen) atoms. The molecule has 13 nitrogen and oxygen atoms in total. The van der Waals surface area contributed by atoms with Gasteiger partial charge in [0.25, 0.3) is 0 Å². The lowest BCUT2D eigenvalue weighted by Gasteiger charge is -2.23. The topological polar surface area (TPSA) is 159 Å². The highest BCUT2D eigenvalue weighted by Gasteiger charge is 2.35. The molecule has 2 N–H and O–H groups in total. The summed E-state index contributed by atoms with van der Waals surface area (Å²) in [6.45, 7) is 3.35. The van der Waals surface area contributed by atoms with Crippen LogP contribution >= 0.6 is 0 Å². The summed E-state index contributed by atoms with van der Waals surface area (Å²) >= 11 is 0. The fourth-order valence-electron chi connectivity index (χ4n) is 4.37. The average molecular weight is 565 g/mol. The molecule has 0 bridgehead atoms. The maximum Gasteiger partial charge on any atom is 0.243 e. The van der Waals surface area contributed by atoms with E-state index in [9.17, 15) is 8.42 Å². The summed E-state index contributed by atoms with van der Waals surface area (Å²) in [5.41, 5.74) is 2.52. The number of aromatic amines is 1. The molecule has 5 rings (SSSR count). The van der Waals surface area contributed by atoms with Gasteiger partial charge < -0.3 is 19.2 Å². The Balaban J connectivity index is 1.65. The van der Waals surface area contributed by atoms with E-state index >= 15 is 0 Å². The van der Waals surface area contributed by atoms with Crippen LogP contribution in [0.1, 0.15) is 24.4 Å². The van der Waals surface area contributed by atoms with E-state index in [1.165, 1.54) is 28.3 Å². The molecule has 0 aliphatic carbocycles. The molecule has 0 amide bonds. The van der Waals surface area contributed by atoms with E-state index in [2.05, 4.69) is 34.9 Å². The van der Waals surface area contributed by atoms with Gasteiger partial charge in [0, 0.05) is 42.8 Å². The number of nitrogens with one attached hydrogen (secondary N) is 2. The van der Waals surface area contributed by atoms with E-state index in [4.69, 9.17) is 14.2 Å². The molecule has 4 aromatic heterocycles. The Bertz CT molecular complexity index is 1730. The molecule has 14 heteroatoms. The number of para-hydroxylation sites is 1. The number of benzene rings is 1. The van der Waals surface area contributed by atoms with Gasteiger partial charge in [-0.25, -0.2) is 23.4 Å². The molecule has 5 aromatic rings. The van der Waals surface area contributed by atoms with Gasteiger partial charge in [0.2, 0.25) is 16.0 Å². The number of fused-ring (bicyclic) bond motifs is 1. The molecule has 2 atom stereocenters. The molecule has 0 spiro atoms. The molecule has 0 unspecified atom stereocenters. The van der Waals surface area contributed by atoms with E-state index in [0.29, 0.717) is 34.2 Å². The summed E-state index contributed by atoms with van der Waals surface area (Å²) in [4.78, 5) is 16.0. The van der Waals surface area contributed by atoms with E-state index in [1.54, 1.807) is 53.6 Å². The minimum Gasteiger partial charge on any atom is -0.494 e. The number of hydrogen-bond donors (Lipinski definition) is 2. The van der Waals surface area contributed by atoms with E-state index in [1.807, 2.05) is 13.0 Å². The van der Waals surface area contributed by atoms with Crippen molar-refractivity contribution in [2.24, 2.45) is 0 Å². The van der Waals surface area contributed by atoms with Crippen LogP contribution in [0.25, 0.3) is 28.1 Å². The number of H-pyrrole nitrogens is 1. The first-order valence-electron chi connectivity index (χ1n) is 12.2. The minimum atomic E-state index is -4.13. The lowest BCUT2D eigenvalue weighted by molar-refractivity contribution is 0.0949. The molecule has 0 aliphatic rings. The smallest absolute Gasteiger partial charge is 0.243 e. The van der Waals surface area contributed by atoms with Gasteiger partial charge in [-0.05, 0) is 43.7 Å². The van der Waals surface area contributed by atoms with Crippen LogP contribution < -0.4 is 14.2 Å². The van der Waals surface area contributed by atoms with Crippen LogP contribution in [0.4, 0.5) is 5.95 Å². The van der Waals surface area contributed by atoms with Crippen LogP contribution in [0, 0.1) is 6.92 Å². The molecule has 0 aliphatic heterocycles. The third-order valence-corrected chi connectivity index (χ3v) is 8.13. The maximum atomic E-state index is 13.7. The zero-order valence-corrected chi connectivity index (χ0v) is 23.3. The number of hydrogen-bond acceptors (Lipinski definition) is 10. The van der Waals surface area contributed by atoms with Crippen molar-refractivity contribution in [3.8, 4) is 28.6 Å². The molecule has 1 aromatic carbocycles. The second-order valence-corrected chi connectivity index (χ2v) is 11.0. The third-order valence-electron chi connectivity index (χ3n) is 6.44. The second-order valence-electron chi connectivity index (χ2n) is 8.92. The average Bonchev–Trinajstić information content (AvgIpc) is 3.57. The predicted molar refractivity (Wildman–Crippen MR) is 148 cm³/mol. The van der Waals surface area contributed by atoms with E-state index in [0.717, 1.165) is 10.9 Å². The Kier molecular flexibility index (Phi) is 7.36. The highest BCUT2D eigenvalue weighted by molar-refractivity contribution is 7.93. The van der Waals surface area contributed by atoms with Crippen LogP contribution in [-0.2, 0) is 14.8 Å². The fourth-order valence-corrected chi connectivity index (χ4v) is 5.50. The van der Waals surface area contributed by atoms with Gasteiger partial charge in [-0.2, -0.15) is 0 Å². The number of anilines is 1. The van der Waals surface area contributed by atoms with Crippen molar-refractivity contribution in [1.29, 1.82) is 0 Å². The zero-order valence-electron chi connectivity index (χ0n) is 22.5. The van der Waals surface area contributed by atoms with Gasteiger partial charge >= 0.3 is 0 Å². The van der Waals surface area contributed by atoms with Crippen molar-refractivity contribution >= 4 is 27.0 Å². The standard InChI is InChI=1S/C26H28N8O5S/c1-15-12-28-24(29-13-15)22(39-5)16(2)40(35,36)33-26-32-31-25(18-14-30-23-17(18)8-7-11-27-23)34(26)21-19(37-3)9-6-10-20(21)38-4/h6-14,16,22H,1-5H3,(H,27,30)(H,32,33)/t16-,22-/m0/s1. The van der Waals surface area contributed by atoms with E-state index in [-0.39, 0.29) is 11.8 Å². The number of rotatable bonds is 10. The first kappa shape index (κ1) is 27.0. The summed E-state index contributed by atoms with van der Waals surface area (Å²) in [7, 11) is 0.294. The van der Waals surface area contributed by atoms with Crippen LogP contribution in [-0.4, -0.2) is 69.7 Å². The number of sulfonamides is 1. The zero-order chi connectivity index (χ0) is 28.4. The summed E-state index contributed by atoms with van der Waals surface area (Å²) in [6, 6.07) is 8.90. The molecular formula is C26H28N8O5S. The summed E-state index contributed by atoms with van der Waals surface area (Å²) in [5, 5.41) is 8.29. The Labute approximate surface area is 230 Å². The monoisotopic (exact) mass is 564 g/mol. The molecule has 4 heterocycles. The number of pyridine rings is 1. The normalized spacial score (nSPS) is 13.2. The molecule has 208 valence electrons. The quantitative estimate of drug-likeness (QED) is 0.257. The number of aryl methyl sites for hydroxylation is 1. The highest BCUT2D eigenvalue weighted by Crippen LogP contribution is 2.39. The van der Waals surface area contributed by atoms with Gasteiger partial charge in [-0.1, -0.05) is 6.07 Å². The van der Waals surface area contributed by atoms with Crippen molar-refractivity contribution in [2.45, 2.75) is 25.2 Å². The molecule has 0 fully saturated rings. The minimum absolute atomic E-state index is 0.0810. The Morgan fingerprint density at radius 2 is 1.68 bits per heavy atom. The second kappa shape index (κ2) is 10.9. The van der Waals surface area contributed by atoms with Crippen LogP contribution in [0.3, 0.4) is 0 Å². The Morgan fingerprint density at radius 3 is 2.33 bits per heavy atom. The lowest BCUT2D eigenvalue weighted by atomic mass is 10.2. The molecule has 0 saturated carbocycles. The van der Waals surface area contributed by atoms with Gasteiger partial charge in [-0.3, -0.25) is 9.29 Å². The van der Waals surface area contributed by atoms with Gasteiger partial charge in [-0.15, -0.1) is 10.2 Å². The van der Waals surface area contributed by atoms with Gasteiger partial charge in [0.1, 0.15) is 34.2 Å². The Morgan fingerprint density at radius 1 is 0.975 bits per heavy atom. The number of ether oxygens (including phenoxy) is 3. The molecule has 0 saturated heterocycles. The maximum absolute atomic E-state index is 13.7. The number of aromatic nitrogens is 7.